The Morgan fingerprint density at radius 1 is 1.17 bits per heavy atom. The first-order valence-corrected chi connectivity index (χ1v) is 11.6. The number of thioether (sulfide) groups is 1. The second kappa shape index (κ2) is 8.51. The van der Waals surface area contributed by atoms with Crippen LogP contribution in [0.5, 0.6) is 0 Å². The molecule has 4 rings (SSSR count). The summed E-state index contributed by atoms with van der Waals surface area (Å²) >= 11 is 1.58. The Morgan fingerprint density at radius 2 is 1.90 bits per heavy atom. The molecule has 0 aromatic rings. The van der Waals surface area contributed by atoms with E-state index in [0.717, 1.165) is 12.8 Å². The molecule has 4 aliphatic rings. The van der Waals surface area contributed by atoms with Crippen LogP contribution in [0.15, 0.2) is 0 Å². The van der Waals surface area contributed by atoms with Gasteiger partial charge in [-0.05, 0) is 19.3 Å². The van der Waals surface area contributed by atoms with Crippen molar-refractivity contribution in [2.24, 2.45) is 0 Å². The van der Waals surface area contributed by atoms with Gasteiger partial charge in [0.1, 0.15) is 11.6 Å². The van der Waals surface area contributed by atoms with Gasteiger partial charge in [-0.25, -0.2) is 4.79 Å². The number of ether oxygens (including phenoxy) is 1. The highest BCUT2D eigenvalue weighted by atomic mass is 32.2. The van der Waals surface area contributed by atoms with E-state index in [9.17, 15) is 19.2 Å². The Morgan fingerprint density at radius 3 is 2.62 bits per heavy atom. The number of nitrogens with zero attached hydrogens (tertiary/aromatic N) is 3. The number of nitrogens with one attached hydrogen (secondary N) is 1. The third kappa shape index (κ3) is 3.96. The van der Waals surface area contributed by atoms with Gasteiger partial charge in [0, 0.05) is 31.8 Å². The molecule has 1 unspecified atom stereocenters. The van der Waals surface area contributed by atoms with Crippen LogP contribution in [0.1, 0.15) is 38.5 Å². The fourth-order valence-electron chi connectivity index (χ4n) is 4.62. The molecule has 1 spiro atoms. The van der Waals surface area contributed by atoms with Crippen LogP contribution in [-0.4, -0.2) is 94.5 Å². The highest BCUT2D eigenvalue weighted by Gasteiger charge is 2.52. The van der Waals surface area contributed by atoms with E-state index >= 15 is 0 Å². The normalized spacial score (nSPS) is 26.5. The molecule has 1 aliphatic carbocycles. The standard InChI is InChI=1S/C19H28N4O5S/c24-15(23-13-29-12-14(23)16(25)21-8-10-28-11-9-21)4-3-7-22-17(26)19(20-18(22)27)5-1-2-6-19/h14H,1-13H2,(H,20,27). The summed E-state index contributed by atoms with van der Waals surface area (Å²) in [7, 11) is 0. The zero-order valence-corrected chi connectivity index (χ0v) is 17.4. The molecule has 9 nitrogen and oxygen atoms in total. The molecule has 0 aromatic heterocycles. The molecule has 5 amide bonds. The van der Waals surface area contributed by atoms with Crippen LogP contribution >= 0.6 is 11.8 Å². The predicted molar refractivity (Wildman–Crippen MR) is 106 cm³/mol. The SMILES string of the molecule is O=C(C1CSCN1C(=O)CCCN1C(=O)NC2(CCCC2)C1=O)N1CCOCC1. The summed E-state index contributed by atoms with van der Waals surface area (Å²) in [4.78, 5) is 55.1. The molecule has 3 heterocycles. The van der Waals surface area contributed by atoms with E-state index in [1.54, 1.807) is 21.6 Å². The van der Waals surface area contributed by atoms with Gasteiger partial charge in [0.2, 0.25) is 11.8 Å². The van der Waals surface area contributed by atoms with Crippen LogP contribution in [0.25, 0.3) is 0 Å². The average molecular weight is 425 g/mol. The zero-order chi connectivity index (χ0) is 20.4. The predicted octanol–water partition coefficient (Wildman–Crippen LogP) is 0.392. The Hall–Kier alpha value is -1.81. The average Bonchev–Trinajstić information content (AvgIpc) is 3.45. The minimum Gasteiger partial charge on any atom is -0.378 e. The van der Waals surface area contributed by atoms with E-state index in [0.29, 0.717) is 57.2 Å². The topological polar surface area (TPSA) is 99.3 Å². The van der Waals surface area contributed by atoms with E-state index in [4.69, 9.17) is 4.74 Å². The molecular weight excluding hydrogens is 396 g/mol. The van der Waals surface area contributed by atoms with Crippen LogP contribution < -0.4 is 5.32 Å². The molecule has 1 N–H and O–H groups in total. The van der Waals surface area contributed by atoms with E-state index in [-0.39, 0.29) is 36.7 Å². The monoisotopic (exact) mass is 424 g/mol. The van der Waals surface area contributed by atoms with Crippen molar-refractivity contribution in [3.8, 4) is 0 Å². The quantitative estimate of drug-likeness (QED) is 0.641. The van der Waals surface area contributed by atoms with Crippen molar-refractivity contribution >= 4 is 35.5 Å². The van der Waals surface area contributed by atoms with E-state index < -0.39 is 11.6 Å². The molecular formula is C19H28N4O5S. The van der Waals surface area contributed by atoms with Gasteiger partial charge in [0.05, 0.1) is 19.1 Å². The molecule has 0 radical (unpaired) electrons. The van der Waals surface area contributed by atoms with Gasteiger partial charge in [-0.1, -0.05) is 12.8 Å². The number of rotatable bonds is 5. The van der Waals surface area contributed by atoms with Crippen molar-refractivity contribution in [2.75, 3.05) is 44.5 Å². The fraction of sp³-hybridized carbons (Fsp3) is 0.789. The second-order valence-electron chi connectivity index (χ2n) is 8.10. The maximum Gasteiger partial charge on any atom is 0.325 e. The molecule has 4 fully saturated rings. The zero-order valence-electron chi connectivity index (χ0n) is 16.6. The summed E-state index contributed by atoms with van der Waals surface area (Å²) in [5, 5.41) is 2.86. The summed E-state index contributed by atoms with van der Waals surface area (Å²) in [6.07, 6.45) is 3.92. The molecule has 10 heteroatoms. The van der Waals surface area contributed by atoms with Crippen LogP contribution in [0, 0.1) is 0 Å². The van der Waals surface area contributed by atoms with Crippen LogP contribution in [0.2, 0.25) is 0 Å². The maximum absolute atomic E-state index is 12.8. The number of imide groups is 1. The Bertz CT molecular complexity index is 690. The lowest BCUT2D eigenvalue weighted by molar-refractivity contribution is -0.146. The number of morpholine rings is 1. The molecule has 1 saturated carbocycles. The van der Waals surface area contributed by atoms with Crippen molar-refractivity contribution in [1.82, 2.24) is 20.0 Å². The van der Waals surface area contributed by atoms with Crippen LogP contribution in [-0.2, 0) is 19.1 Å². The Labute approximate surface area is 174 Å². The van der Waals surface area contributed by atoms with Gasteiger partial charge in [-0.3, -0.25) is 19.3 Å². The van der Waals surface area contributed by atoms with Gasteiger partial charge in [0.15, 0.2) is 0 Å². The number of urea groups is 1. The smallest absolute Gasteiger partial charge is 0.325 e. The number of amides is 5. The molecule has 3 saturated heterocycles. The summed E-state index contributed by atoms with van der Waals surface area (Å²) in [6.45, 7) is 2.44. The second-order valence-corrected chi connectivity index (χ2v) is 9.10. The van der Waals surface area contributed by atoms with E-state index in [1.165, 1.54) is 4.90 Å². The highest BCUT2D eigenvalue weighted by molar-refractivity contribution is 7.99. The molecule has 160 valence electrons. The molecule has 3 aliphatic heterocycles. The minimum absolute atomic E-state index is 0.0103. The van der Waals surface area contributed by atoms with Crippen molar-refractivity contribution in [2.45, 2.75) is 50.1 Å². The number of hydrogen-bond acceptors (Lipinski definition) is 6. The summed E-state index contributed by atoms with van der Waals surface area (Å²) in [6, 6.07) is -0.773. The summed E-state index contributed by atoms with van der Waals surface area (Å²) in [5.41, 5.74) is -0.706. The third-order valence-electron chi connectivity index (χ3n) is 6.29. The van der Waals surface area contributed by atoms with Crippen molar-refractivity contribution < 1.29 is 23.9 Å². The first kappa shape index (κ1) is 20.5. The molecule has 1 atom stereocenters. The number of hydrogen-bond donors (Lipinski definition) is 1. The lowest BCUT2D eigenvalue weighted by Gasteiger charge is -2.32. The maximum atomic E-state index is 12.8. The van der Waals surface area contributed by atoms with E-state index in [2.05, 4.69) is 5.32 Å². The number of carbonyl (C=O) groups excluding carboxylic acids is 4. The molecule has 0 bridgehead atoms. The Kier molecular flexibility index (Phi) is 6.00. The summed E-state index contributed by atoms with van der Waals surface area (Å²) < 4.78 is 5.30. The van der Waals surface area contributed by atoms with E-state index in [1.807, 2.05) is 0 Å². The lowest BCUT2D eigenvalue weighted by atomic mass is 9.98. The first-order valence-electron chi connectivity index (χ1n) is 10.4. The van der Waals surface area contributed by atoms with Crippen molar-refractivity contribution in [1.29, 1.82) is 0 Å². The number of carbonyl (C=O) groups is 4. The molecule has 0 aromatic carbocycles. The van der Waals surface area contributed by atoms with Crippen molar-refractivity contribution in [3.05, 3.63) is 0 Å². The van der Waals surface area contributed by atoms with Gasteiger partial charge < -0.3 is 19.9 Å². The highest BCUT2D eigenvalue weighted by Crippen LogP contribution is 2.35. The van der Waals surface area contributed by atoms with Gasteiger partial charge >= 0.3 is 6.03 Å². The van der Waals surface area contributed by atoms with Gasteiger partial charge in [-0.2, -0.15) is 0 Å². The largest absolute Gasteiger partial charge is 0.378 e. The summed E-state index contributed by atoms with van der Waals surface area (Å²) in [5.74, 6) is 0.862. The third-order valence-corrected chi connectivity index (χ3v) is 7.30. The Balaban J connectivity index is 1.28. The first-order chi connectivity index (χ1) is 14.0. The molecule has 29 heavy (non-hydrogen) atoms. The van der Waals surface area contributed by atoms with Gasteiger partial charge in [-0.15, -0.1) is 11.8 Å². The van der Waals surface area contributed by atoms with Crippen LogP contribution in [0.4, 0.5) is 4.79 Å². The minimum atomic E-state index is -0.706. The van der Waals surface area contributed by atoms with Crippen molar-refractivity contribution in [3.63, 3.8) is 0 Å². The van der Waals surface area contributed by atoms with Gasteiger partial charge in [0.25, 0.3) is 5.91 Å². The lowest BCUT2D eigenvalue weighted by Crippen LogP contribution is -2.52. The van der Waals surface area contributed by atoms with Crippen LogP contribution in [0.3, 0.4) is 0 Å². The fourth-order valence-corrected chi connectivity index (χ4v) is 5.79.